The van der Waals surface area contributed by atoms with Crippen molar-refractivity contribution in [3.63, 3.8) is 0 Å². The molecule has 1 aromatic carbocycles. The average molecular weight is 274 g/mol. The highest BCUT2D eigenvalue weighted by molar-refractivity contribution is 6.31. The summed E-state index contributed by atoms with van der Waals surface area (Å²) in [6.45, 7) is 0. The van der Waals surface area contributed by atoms with Crippen LogP contribution < -0.4 is 5.32 Å². The Kier molecular flexibility index (Phi) is 4.32. The van der Waals surface area contributed by atoms with Gasteiger partial charge in [0.15, 0.2) is 0 Å². The highest BCUT2D eigenvalue weighted by atomic mass is 35.5. The van der Waals surface area contributed by atoms with E-state index < -0.39 is 24.2 Å². The molecule has 0 aliphatic heterocycles. The third-order valence-corrected chi connectivity index (χ3v) is 2.55. The Morgan fingerprint density at radius 1 is 1.24 bits per heavy atom. The number of nitrogens with one attached hydrogen (secondary N) is 1. The lowest BCUT2D eigenvalue weighted by atomic mass is 10.0. The van der Waals surface area contributed by atoms with Crippen LogP contribution in [0.25, 0.3) is 0 Å². The zero-order valence-corrected chi connectivity index (χ0v) is 9.41. The second-order valence-electron chi connectivity index (χ2n) is 3.33. The van der Waals surface area contributed by atoms with Crippen LogP contribution >= 0.6 is 11.6 Å². The van der Waals surface area contributed by atoms with Crippen LogP contribution in [0.15, 0.2) is 18.2 Å². The van der Waals surface area contributed by atoms with Crippen molar-refractivity contribution in [1.29, 1.82) is 0 Å². The molecular formula is C10H9ClF5N. The maximum absolute atomic E-state index is 12.6. The molecule has 0 bridgehead atoms. The zero-order chi connectivity index (χ0) is 13.2. The Bertz CT molecular complexity index is 391. The molecule has 7 heteroatoms. The van der Waals surface area contributed by atoms with Gasteiger partial charge in [-0.05, 0) is 24.7 Å². The van der Waals surface area contributed by atoms with Gasteiger partial charge in [-0.25, -0.2) is 8.78 Å². The van der Waals surface area contributed by atoms with E-state index in [-0.39, 0.29) is 10.6 Å². The second-order valence-corrected chi connectivity index (χ2v) is 3.74. The van der Waals surface area contributed by atoms with Gasteiger partial charge in [0.1, 0.15) is 0 Å². The number of halogens is 6. The normalized spacial score (nSPS) is 14.1. The van der Waals surface area contributed by atoms with Crippen molar-refractivity contribution in [2.24, 2.45) is 0 Å². The van der Waals surface area contributed by atoms with E-state index in [0.717, 1.165) is 12.1 Å². The molecule has 0 amide bonds. The standard InChI is InChI=1S/C10H9ClF5N/c1-17-8(9(12)13)6-3-2-5(4-7(6)11)10(14,15)16/h2-4,8-9,17H,1H3/t8-/m0/s1. The third-order valence-electron chi connectivity index (χ3n) is 2.23. The zero-order valence-electron chi connectivity index (χ0n) is 8.65. The fourth-order valence-corrected chi connectivity index (χ4v) is 1.67. The molecule has 0 saturated carbocycles. The summed E-state index contributed by atoms with van der Waals surface area (Å²) >= 11 is 5.58. The molecule has 17 heavy (non-hydrogen) atoms. The fraction of sp³-hybridized carbons (Fsp3) is 0.400. The molecule has 0 radical (unpaired) electrons. The average Bonchev–Trinajstić information content (AvgIpc) is 2.19. The number of hydrogen-bond donors (Lipinski definition) is 1. The first-order valence-electron chi connectivity index (χ1n) is 4.59. The first-order valence-corrected chi connectivity index (χ1v) is 4.97. The number of rotatable bonds is 3. The minimum absolute atomic E-state index is 0.0582. The highest BCUT2D eigenvalue weighted by Crippen LogP contribution is 2.34. The van der Waals surface area contributed by atoms with E-state index >= 15 is 0 Å². The molecule has 0 aliphatic carbocycles. The molecule has 0 heterocycles. The summed E-state index contributed by atoms with van der Waals surface area (Å²) in [5, 5.41) is 1.97. The van der Waals surface area contributed by atoms with Crippen molar-refractivity contribution in [1.82, 2.24) is 5.32 Å². The summed E-state index contributed by atoms with van der Waals surface area (Å²) < 4.78 is 62.1. The summed E-state index contributed by atoms with van der Waals surface area (Å²) in [4.78, 5) is 0. The first-order chi connectivity index (χ1) is 7.77. The van der Waals surface area contributed by atoms with E-state index in [2.05, 4.69) is 5.32 Å². The Labute approximate surface area is 99.6 Å². The first kappa shape index (κ1) is 14.2. The quantitative estimate of drug-likeness (QED) is 0.824. The predicted octanol–water partition coefficient (Wildman–Crippen LogP) is 3.88. The second kappa shape index (κ2) is 5.18. The van der Waals surface area contributed by atoms with Crippen LogP contribution in [-0.2, 0) is 6.18 Å². The molecule has 1 rings (SSSR count). The smallest absolute Gasteiger partial charge is 0.308 e. The molecule has 1 aromatic rings. The largest absolute Gasteiger partial charge is 0.416 e. The van der Waals surface area contributed by atoms with Crippen LogP contribution in [0.4, 0.5) is 22.0 Å². The number of benzene rings is 1. The molecule has 1 atom stereocenters. The van der Waals surface area contributed by atoms with Crippen LogP contribution in [0.3, 0.4) is 0 Å². The van der Waals surface area contributed by atoms with Crippen molar-refractivity contribution >= 4 is 11.6 Å². The van der Waals surface area contributed by atoms with Crippen molar-refractivity contribution < 1.29 is 22.0 Å². The Morgan fingerprint density at radius 2 is 1.82 bits per heavy atom. The topological polar surface area (TPSA) is 12.0 Å². The van der Waals surface area contributed by atoms with E-state index in [1.165, 1.54) is 7.05 Å². The van der Waals surface area contributed by atoms with Crippen LogP contribution in [0.1, 0.15) is 17.2 Å². The van der Waals surface area contributed by atoms with Gasteiger partial charge in [-0.1, -0.05) is 17.7 Å². The van der Waals surface area contributed by atoms with Gasteiger partial charge in [0.25, 0.3) is 6.43 Å². The maximum atomic E-state index is 12.6. The Balaban J connectivity index is 3.13. The molecule has 0 spiro atoms. The van der Waals surface area contributed by atoms with E-state index in [1.54, 1.807) is 0 Å². The number of hydrogen-bond acceptors (Lipinski definition) is 1. The summed E-state index contributed by atoms with van der Waals surface area (Å²) in [5.74, 6) is 0. The lowest BCUT2D eigenvalue weighted by molar-refractivity contribution is -0.137. The molecule has 0 aromatic heterocycles. The molecule has 1 N–H and O–H groups in total. The molecular weight excluding hydrogens is 265 g/mol. The summed E-state index contributed by atoms with van der Waals surface area (Å²) in [7, 11) is 1.28. The lowest BCUT2D eigenvalue weighted by Gasteiger charge is -2.18. The van der Waals surface area contributed by atoms with Crippen molar-refractivity contribution in [2.75, 3.05) is 7.05 Å². The SMILES string of the molecule is CN[C@@H](c1ccc(C(F)(F)F)cc1Cl)C(F)F. The van der Waals surface area contributed by atoms with Gasteiger partial charge in [0.2, 0.25) is 0 Å². The van der Waals surface area contributed by atoms with Crippen LogP contribution in [0.2, 0.25) is 5.02 Å². The van der Waals surface area contributed by atoms with E-state index in [0.29, 0.717) is 6.07 Å². The summed E-state index contributed by atoms with van der Waals surface area (Å²) in [6.07, 6.45) is -7.29. The minimum atomic E-state index is -4.54. The van der Waals surface area contributed by atoms with Crippen molar-refractivity contribution in [3.05, 3.63) is 34.3 Å². The van der Waals surface area contributed by atoms with Crippen LogP contribution in [0, 0.1) is 0 Å². The summed E-state index contributed by atoms with van der Waals surface area (Å²) in [6, 6.07) is 0.945. The Hall–Kier alpha value is -0.880. The maximum Gasteiger partial charge on any atom is 0.416 e. The van der Waals surface area contributed by atoms with Gasteiger partial charge in [0.05, 0.1) is 11.6 Å². The summed E-state index contributed by atoms with van der Waals surface area (Å²) in [5.41, 5.74) is -1.02. The van der Waals surface area contributed by atoms with E-state index in [1.807, 2.05) is 0 Å². The monoisotopic (exact) mass is 273 g/mol. The highest BCUT2D eigenvalue weighted by Gasteiger charge is 2.32. The van der Waals surface area contributed by atoms with Gasteiger partial charge in [-0.2, -0.15) is 13.2 Å². The minimum Gasteiger partial charge on any atom is -0.308 e. The molecule has 0 unspecified atom stereocenters. The van der Waals surface area contributed by atoms with Gasteiger partial charge in [-0.15, -0.1) is 0 Å². The molecule has 96 valence electrons. The van der Waals surface area contributed by atoms with Crippen LogP contribution in [0.5, 0.6) is 0 Å². The number of alkyl halides is 5. The predicted molar refractivity (Wildman–Crippen MR) is 54.3 cm³/mol. The van der Waals surface area contributed by atoms with Crippen molar-refractivity contribution in [2.45, 2.75) is 18.6 Å². The fourth-order valence-electron chi connectivity index (χ4n) is 1.37. The third kappa shape index (κ3) is 3.29. The molecule has 0 aliphatic rings. The molecule has 0 fully saturated rings. The van der Waals surface area contributed by atoms with Crippen molar-refractivity contribution in [3.8, 4) is 0 Å². The van der Waals surface area contributed by atoms with Gasteiger partial charge in [-0.3, -0.25) is 0 Å². The lowest BCUT2D eigenvalue weighted by Crippen LogP contribution is -2.24. The van der Waals surface area contributed by atoms with E-state index in [4.69, 9.17) is 11.6 Å². The van der Waals surface area contributed by atoms with E-state index in [9.17, 15) is 22.0 Å². The molecule has 0 saturated heterocycles. The van der Waals surface area contributed by atoms with Gasteiger partial charge < -0.3 is 5.32 Å². The van der Waals surface area contributed by atoms with Gasteiger partial charge in [0, 0.05) is 5.02 Å². The Morgan fingerprint density at radius 3 is 2.18 bits per heavy atom. The van der Waals surface area contributed by atoms with Crippen LogP contribution in [-0.4, -0.2) is 13.5 Å². The molecule has 1 nitrogen and oxygen atoms in total. The van der Waals surface area contributed by atoms with Gasteiger partial charge >= 0.3 is 6.18 Å².